The van der Waals surface area contributed by atoms with E-state index in [2.05, 4.69) is 5.32 Å². The van der Waals surface area contributed by atoms with E-state index in [1.165, 1.54) is 18.2 Å². The van der Waals surface area contributed by atoms with Gasteiger partial charge < -0.3 is 10.2 Å². The number of nitrogens with zero attached hydrogens (tertiary/aromatic N) is 2. The monoisotopic (exact) mass is 381 g/mol. The minimum atomic E-state index is -0.299. The van der Waals surface area contributed by atoms with Gasteiger partial charge in [0.15, 0.2) is 0 Å². The van der Waals surface area contributed by atoms with Gasteiger partial charge in [-0.1, -0.05) is 42.5 Å². The molecular weight excluding hydrogens is 357 g/mol. The molecule has 0 unspecified atom stereocenters. The van der Waals surface area contributed by atoms with Crippen LogP contribution in [0.3, 0.4) is 0 Å². The Balaban J connectivity index is 1.39. The van der Waals surface area contributed by atoms with Gasteiger partial charge >= 0.3 is 0 Å². The molecule has 1 fully saturated rings. The zero-order valence-corrected chi connectivity index (χ0v) is 15.7. The van der Waals surface area contributed by atoms with Gasteiger partial charge in [0.2, 0.25) is 11.8 Å². The highest BCUT2D eigenvalue weighted by Gasteiger charge is 2.21. The molecule has 5 nitrogen and oxygen atoms in total. The van der Waals surface area contributed by atoms with Crippen molar-refractivity contribution in [1.29, 1.82) is 0 Å². The van der Waals surface area contributed by atoms with Crippen molar-refractivity contribution in [3.05, 3.63) is 77.6 Å². The molecule has 6 heteroatoms. The van der Waals surface area contributed by atoms with Crippen molar-refractivity contribution >= 4 is 17.9 Å². The van der Waals surface area contributed by atoms with Gasteiger partial charge in [-0.3, -0.25) is 14.5 Å². The van der Waals surface area contributed by atoms with Crippen LogP contribution in [0.1, 0.15) is 11.1 Å². The number of hydrogen-bond acceptors (Lipinski definition) is 3. The Bertz CT molecular complexity index is 813. The highest BCUT2D eigenvalue weighted by Crippen LogP contribution is 2.07. The number of carbonyl (C=O) groups excluding carboxylic acids is 2. The second-order valence-electron chi connectivity index (χ2n) is 6.75. The fraction of sp³-hybridized carbons (Fsp3) is 0.273. The van der Waals surface area contributed by atoms with Crippen LogP contribution in [0.4, 0.5) is 4.39 Å². The summed E-state index contributed by atoms with van der Waals surface area (Å²) in [5.41, 5.74) is 1.85. The van der Waals surface area contributed by atoms with Crippen molar-refractivity contribution in [3.63, 3.8) is 0 Å². The first-order valence-electron chi connectivity index (χ1n) is 9.36. The van der Waals surface area contributed by atoms with Crippen molar-refractivity contribution in [1.82, 2.24) is 15.1 Å². The lowest BCUT2D eigenvalue weighted by atomic mass is 10.2. The molecule has 1 N–H and O–H groups in total. The zero-order chi connectivity index (χ0) is 19.8. The number of rotatable bonds is 6. The van der Waals surface area contributed by atoms with E-state index in [-0.39, 0.29) is 17.6 Å². The number of piperazine rings is 1. The van der Waals surface area contributed by atoms with Gasteiger partial charge in [0.25, 0.3) is 0 Å². The first-order valence-corrected chi connectivity index (χ1v) is 9.36. The molecule has 0 bridgehead atoms. The fourth-order valence-electron chi connectivity index (χ4n) is 3.03. The van der Waals surface area contributed by atoms with Crippen LogP contribution in [0.2, 0.25) is 0 Å². The molecule has 146 valence electrons. The third-order valence-electron chi connectivity index (χ3n) is 4.67. The summed E-state index contributed by atoms with van der Waals surface area (Å²) < 4.78 is 12.9. The third-order valence-corrected chi connectivity index (χ3v) is 4.67. The van der Waals surface area contributed by atoms with Gasteiger partial charge in [0.1, 0.15) is 5.82 Å². The maximum Gasteiger partial charge on any atom is 0.246 e. The Hall–Kier alpha value is -2.99. The Morgan fingerprint density at radius 1 is 0.964 bits per heavy atom. The lowest BCUT2D eigenvalue weighted by Gasteiger charge is -2.33. The minimum absolute atomic E-state index is 0.0140. The average molecular weight is 381 g/mol. The zero-order valence-electron chi connectivity index (χ0n) is 15.7. The van der Waals surface area contributed by atoms with E-state index < -0.39 is 0 Å². The van der Waals surface area contributed by atoms with Crippen molar-refractivity contribution < 1.29 is 14.0 Å². The molecule has 3 rings (SSSR count). The molecule has 0 saturated carbocycles. The number of benzene rings is 2. The van der Waals surface area contributed by atoms with Gasteiger partial charge in [-0.25, -0.2) is 4.39 Å². The van der Waals surface area contributed by atoms with Crippen LogP contribution in [-0.4, -0.2) is 54.3 Å². The summed E-state index contributed by atoms with van der Waals surface area (Å²) in [5, 5.41) is 2.92. The van der Waals surface area contributed by atoms with E-state index in [1.54, 1.807) is 23.1 Å². The molecule has 1 aliphatic heterocycles. The second kappa shape index (κ2) is 9.80. The summed E-state index contributed by atoms with van der Waals surface area (Å²) in [6.45, 7) is 3.34. The standard InChI is InChI=1S/C22H24FN3O2/c23-20-9-6-18(7-10-20)8-11-22(28)26-14-12-25(13-15-26)17-21(27)24-16-19-4-2-1-3-5-19/h1-11H,12-17H2,(H,24,27)/b11-8+. The molecule has 0 spiro atoms. The molecular formula is C22H24FN3O2. The molecule has 1 saturated heterocycles. The average Bonchev–Trinajstić information content (AvgIpc) is 2.73. The summed E-state index contributed by atoms with van der Waals surface area (Å²) in [4.78, 5) is 28.2. The van der Waals surface area contributed by atoms with Crippen LogP contribution in [0.5, 0.6) is 0 Å². The van der Waals surface area contributed by atoms with E-state index in [9.17, 15) is 14.0 Å². The molecule has 2 aromatic carbocycles. The fourth-order valence-corrected chi connectivity index (χ4v) is 3.03. The Morgan fingerprint density at radius 3 is 2.32 bits per heavy atom. The maximum absolute atomic E-state index is 12.9. The van der Waals surface area contributed by atoms with E-state index in [4.69, 9.17) is 0 Å². The topological polar surface area (TPSA) is 52.7 Å². The number of hydrogen-bond donors (Lipinski definition) is 1. The maximum atomic E-state index is 12.9. The van der Waals surface area contributed by atoms with Gasteiger partial charge in [-0.05, 0) is 29.3 Å². The molecule has 1 aliphatic rings. The molecule has 28 heavy (non-hydrogen) atoms. The van der Waals surface area contributed by atoms with Crippen molar-refractivity contribution in [3.8, 4) is 0 Å². The van der Waals surface area contributed by atoms with Crippen molar-refractivity contribution in [2.24, 2.45) is 0 Å². The van der Waals surface area contributed by atoms with E-state index in [0.717, 1.165) is 11.1 Å². The largest absolute Gasteiger partial charge is 0.351 e. The molecule has 0 atom stereocenters. The molecule has 2 amide bonds. The van der Waals surface area contributed by atoms with Crippen LogP contribution in [-0.2, 0) is 16.1 Å². The smallest absolute Gasteiger partial charge is 0.246 e. The van der Waals surface area contributed by atoms with Crippen LogP contribution >= 0.6 is 0 Å². The van der Waals surface area contributed by atoms with Gasteiger partial charge in [0.05, 0.1) is 6.54 Å². The van der Waals surface area contributed by atoms with Gasteiger partial charge in [-0.2, -0.15) is 0 Å². The number of carbonyl (C=O) groups is 2. The molecule has 2 aromatic rings. The van der Waals surface area contributed by atoms with Crippen molar-refractivity contribution in [2.75, 3.05) is 32.7 Å². The van der Waals surface area contributed by atoms with Gasteiger partial charge in [-0.15, -0.1) is 0 Å². The van der Waals surface area contributed by atoms with Crippen LogP contribution in [0.15, 0.2) is 60.7 Å². The minimum Gasteiger partial charge on any atom is -0.351 e. The first-order chi connectivity index (χ1) is 13.6. The van der Waals surface area contributed by atoms with Crippen molar-refractivity contribution in [2.45, 2.75) is 6.54 Å². The van der Waals surface area contributed by atoms with Crippen LogP contribution in [0, 0.1) is 5.82 Å². The van der Waals surface area contributed by atoms with E-state index in [1.807, 2.05) is 35.2 Å². The lowest BCUT2D eigenvalue weighted by molar-refractivity contribution is -0.128. The van der Waals surface area contributed by atoms with Crippen LogP contribution in [0.25, 0.3) is 6.08 Å². The molecule has 0 aliphatic carbocycles. The normalized spacial score (nSPS) is 15.0. The first kappa shape index (κ1) is 19.8. The second-order valence-corrected chi connectivity index (χ2v) is 6.75. The SMILES string of the molecule is O=C(CN1CCN(C(=O)/C=C/c2ccc(F)cc2)CC1)NCc1ccccc1. The lowest BCUT2D eigenvalue weighted by Crippen LogP contribution is -2.50. The van der Waals surface area contributed by atoms with Crippen LogP contribution < -0.4 is 5.32 Å². The van der Waals surface area contributed by atoms with E-state index in [0.29, 0.717) is 39.3 Å². The highest BCUT2D eigenvalue weighted by atomic mass is 19.1. The summed E-state index contributed by atoms with van der Waals surface area (Å²) in [5.74, 6) is -0.384. The van der Waals surface area contributed by atoms with Gasteiger partial charge in [0, 0.05) is 38.8 Å². The number of halogens is 1. The Morgan fingerprint density at radius 2 is 1.64 bits per heavy atom. The summed E-state index contributed by atoms with van der Waals surface area (Å²) in [6, 6.07) is 15.8. The molecule has 1 heterocycles. The Labute approximate surface area is 164 Å². The third kappa shape index (κ3) is 6.03. The highest BCUT2D eigenvalue weighted by molar-refractivity contribution is 5.91. The number of nitrogens with one attached hydrogen (secondary N) is 1. The quantitative estimate of drug-likeness (QED) is 0.782. The predicted octanol–water partition coefficient (Wildman–Crippen LogP) is 2.30. The molecule has 0 aromatic heterocycles. The summed E-state index contributed by atoms with van der Waals surface area (Å²) in [6.07, 6.45) is 3.20. The molecule has 0 radical (unpaired) electrons. The summed E-state index contributed by atoms with van der Waals surface area (Å²) >= 11 is 0. The summed E-state index contributed by atoms with van der Waals surface area (Å²) in [7, 11) is 0. The van der Waals surface area contributed by atoms with E-state index >= 15 is 0 Å². The Kier molecular flexibility index (Phi) is 6.92. The predicted molar refractivity (Wildman–Crippen MR) is 107 cm³/mol. The number of amides is 2.